The Kier molecular flexibility index (Phi) is 3.84. The molecular formula is C20H20N2O3. The third kappa shape index (κ3) is 2.93. The highest BCUT2D eigenvalue weighted by Gasteiger charge is 2.19. The zero-order valence-electron chi connectivity index (χ0n) is 14.6. The van der Waals surface area contributed by atoms with Crippen molar-refractivity contribution in [3.63, 3.8) is 0 Å². The zero-order chi connectivity index (χ0) is 17.4. The van der Waals surface area contributed by atoms with Gasteiger partial charge >= 0.3 is 0 Å². The second-order valence-electron chi connectivity index (χ2n) is 6.15. The molecule has 0 atom stereocenters. The molecule has 0 aliphatic carbocycles. The molecule has 0 amide bonds. The lowest BCUT2D eigenvalue weighted by Gasteiger charge is -2.18. The number of fused-ring (bicyclic) bond motifs is 1. The predicted molar refractivity (Wildman–Crippen MR) is 97.3 cm³/mol. The fraction of sp³-hybridized carbons (Fsp3) is 0.250. The number of rotatable bonds is 3. The van der Waals surface area contributed by atoms with Gasteiger partial charge in [0.2, 0.25) is 0 Å². The number of benzene rings is 1. The first kappa shape index (κ1) is 15.6. The number of nitrogens with one attached hydrogen (secondary N) is 1. The van der Waals surface area contributed by atoms with Crippen LogP contribution in [0.15, 0.2) is 46.8 Å². The molecule has 0 saturated carbocycles. The van der Waals surface area contributed by atoms with Crippen molar-refractivity contribution in [3.05, 3.63) is 64.3 Å². The standard InChI is InChI=1S/C20H20N2O3/c1-12-8-13(2)21-15(12)10-17-19(23-3)11-16(22-17)14-4-5-18-20(9-14)25-7-6-24-18/h4-5,8-11,21H,6-7H2,1-3H3/b17-10-. The third-order valence-electron chi connectivity index (χ3n) is 4.29. The van der Waals surface area contributed by atoms with E-state index >= 15 is 0 Å². The smallest absolute Gasteiger partial charge is 0.162 e. The van der Waals surface area contributed by atoms with Gasteiger partial charge < -0.3 is 19.2 Å². The molecule has 1 aromatic carbocycles. The number of aryl methyl sites for hydroxylation is 2. The second-order valence-corrected chi connectivity index (χ2v) is 6.15. The van der Waals surface area contributed by atoms with Crippen LogP contribution in [0, 0.1) is 13.8 Å². The van der Waals surface area contributed by atoms with Crippen LogP contribution in [0.3, 0.4) is 0 Å². The van der Waals surface area contributed by atoms with Gasteiger partial charge in [-0.15, -0.1) is 0 Å². The summed E-state index contributed by atoms with van der Waals surface area (Å²) in [5, 5.41) is 0. The van der Waals surface area contributed by atoms with Crippen LogP contribution in [0.2, 0.25) is 0 Å². The summed E-state index contributed by atoms with van der Waals surface area (Å²) >= 11 is 0. The molecule has 0 fully saturated rings. The number of ether oxygens (including phenoxy) is 3. The number of hydrogen-bond donors (Lipinski definition) is 1. The molecular weight excluding hydrogens is 316 g/mol. The minimum atomic E-state index is 0.568. The molecule has 3 heterocycles. The van der Waals surface area contributed by atoms with Crippen molar-refractivity contribution < 1.29 is 14.2 Å². The van der Waals surface area contributed by atoms with Crippen molar-refractivity contribution in [1.29, 1.82) is 0 Å². The molecule has 5 heteroatoms. The summed E-state index contributed by atoms with van der Waals surface area (Å²) in [6, 6.07) is 7.99. The number of hydrogen-bond acceptors (Lipinski definition) is 4. The molecule has 2 aliphatic heterocycles. The quantitative estimate of drug-likeness (QED) is 0.928. The van der Waals surface area contributed by atoms with E-state index in [1.54, 1.807) is 7.11 Å². The van der Waals surface area contributed by atoms with E-state index in [-0.39, 0.29) is 0 Å². The van der Waals surface area contributed by atoms with E-state index in [1.807, 2.05) is 37.3 Å². The van der Waals surface area contributed by atoms with Crippen molar-refractivity contribution in [2.24, 2.45) is 4.99 Å². The van der Waals surface area contributed by atoms with Gasteiger partial charge in [0.15, 0.2) is 11.5 Å². The molecule has 128 valence electrons. The summed E-state index contributed by atoms with van der Waals surface area (Å²) < 4.78 is 16.8. The number of H-pyrrole nitrogens is 1. The average molecular weight is 336 g/mol. The van der Waals surface area contributed by atoms with Crippen LogP contribution in [0.5, 0.6) is 11.5 Å². The molecule has 25 heavy (non-hydrogen) atoms. The third-order valence-corrected chi connectivity index (χ3v) is 4.29. The molecule has 2 aromatic rings. The van der Waals surface area contributed by atoms with Gasteiger partial charge in [-0.25, -0.2) is 4.99 Å². The van der Waals surface area contributed by atoms with Gasteiger partial charge in [-0.1, -0.05) is 0 Å². The van der Waals surface area contributed by atoms with E-state index in [1.165, 1.54) is 5.56 Å². The number of methoxy groups -OCH3 is 1. The monoisotopic (exact) mass is 336 g/mol. The lowest BCUT2D eigenvalue weighted by atomic mass is 10.1. The van der Waals surface area contributed by atoms with Crippen molar-refractivity contribution in [1.82, 2.24) is 4.98 Å². The van der Waals surface area contributed by atoms with E-state index in [0.717, 1.165) is 45.6 Å². The van der Waals surface area contributed by atoms with Gasteiger partial charge in [-0.05, 0) is 49.8 Å². The maximum absolute atomic E-state index is 5.67. The summed E-state index contributed by atoms with van der Waals surface area (Å²) in [7, 11) is 1.66. The highest BCUT2D eigenvalue weighted by molar-refractivity contribution is 6.12. The molecule has 4 rings (SSSR count). The summed E-state index contributed by atoms with van der Waals surface area (Å²) in [5.74, 6) is 2.28. The molecule has 0 bridgehead atoms. The van der Waals surface area contributed by atoms with Crippen molar-refractivity contribution in [2.75, 3.05) is 20.3 Å². The Bertz CT molecular complexity index is 919. The van der Waals surface area contributed by atoms with Crippen LogP contribution in [-0.4, -0.2) is 31.0 Å². The molecule has 0 spiro atoms. The van der Waals surface area contributed by atoms with E-state index < -0.39 is 0 Å². The van der Waals surface area contributed by atoms with Crippen LogP contribution in [-0.2, 0) is 4.74 Å². The molecule has 1 aromatic heterocycles. The van der Waals surface area contributed by atoms with Crippen LogP contribution in [0.4, 0.5) is 0 Å². The van der Waals surface area contributed by atoms with E-state index in [2.05, 4.69) is 18.0 Å². The fourth-order valence-electron chi connectivity index (χ4n) is 3.07. The lowest BCUT2D eigenvalue weighted by Crippen LogP contribution is -2.15. The van der Waals surface area contributed by atoms with E-state index in [0.29, 0.717) is 13.2 Å². The molecule has 2 aliphatic rings. The van der Waals surface area contributed by atoms with Crippen LogP contribution in [0.25, 0.3) is 6.08 Å². The maximum Gasteiger partial charge on any atom is 0.162 e. The topological polar surface area (TPSA) is 55.8 Å². The predicted octanol–water partition coefficient (Wildman–Crippen LogP) is 3.78. The molecule has 0 saturated heterocycles. The first-order valence-corrected chi connectivity index (χ1v) is 8.27. The molecule has 1 N–H and O–H groups in total. The van der Waals surface area contributed by atoms with Gasteiger partial charge in [0.1, 0.15) is 24.7 Å². The minimum absolute atomic E-state index is 0.568. The van der Waals surface area contributed by atoms with Crippen molar-refractivity contribution in [2.45, 2.75) is 13.8 Å². The highest BCUT2D eigenvalue weighted by Crippen LogP contribution is 2.33. The van der Waals surface area contributed by atoms with Gasteiger partial charge in [0.25, 0.3) is 0 Å². The Hall–Kier alpha value is -2.95. The number of aromatic amines is 1. The SMILES string of the molecule is COC1=CC(c2ccc3c(c2)OCCO3)=N/C1=C\c1[nH]c(C)cc1C. The Morgan fingerprint density at radius 2 is 1.92 bits per heavy atom. The summed E-state index contributed by atoms with van der Waals surface area (Å²) in [4.78, 5) is 8.10. The number of aromatic nitrogens is 1. The normalized spacial score (nSPS) is 17.5. The Morgan fingerprint density at radius 3 is 2.64 bits per heavy atom. The van der Waals surface area contributed by atoms with Gasteiger partial charge in [-0.2, -0.15) is 0 Å². The van der Waals surface area contributed by atoms with Crippen LogP contribution in [0.1, 0.15) is 22.5 Å². The fourth-order valence-corrected chi connectivity index (χ4v) is 3.07. The Balaban J connectivity index is 1.71. The lowest BCUT2D eigenvalue weighted by molar-refractivity contribution is 0.171. The summed E-state index contributed by atoms with van der Waals surface area (Å²) in [6.07, 6.45) is 3.96. The van der Waals surface area contributed by atoms with Gasteiger partial charge in [0, 0.05) is 23.0 Å². The van der Waals surface area contributed by atoms with Crippen LogP contribution < -0.4 is 9.47 Å². The number of allylic oxidation sites excluding steroid dienone is 1. The van der Waals surface area contributed by atoms with E-state index in [9.17, 15) is 0 Å². The summed E-state index contributed by atoms with van der Waals surface area (Å²) in [6.45, 7) is 5.27. The molecule has 0 unspecified atom stereocenters. The largest absolute Gasteiger partial charge is 0.494 e. The second kappa shape index (κ2) is 6.16. The Labute approximate surface area is 146 Å². The summed E-state index contributed by atoms with van der Waals surface area (Å²) in [5.41, 5.74) is 5.98. The van der Waals surface area contributed by atoms with Crippen LogP contribution >= 0.6 is 0 Å². The van der Waals surface area contributed by atoms with Crippen molar-refractivity contribution >= 4 is 11.8 Å². The van der Waals surface area contributed by atoms with Crippen molar-refractivity contribution in [3.8, 4) is 11.5 Å². The average Bonchev–Trinajstić information content (AvgIpc) is 3.17. The highest BCUT2D eigenvalue weighted by atomic mass is 16.6. The zero-order valence-corrected chi connectivity index (χ0v) is 14.6. The minimum Gasteiger partial charge on any atom is -0.494 e. The molecule has 5 nitrogen and oxygen atoms in total. The number of aliphatic imine (C=N–C) groups is 1. The van der Waals surface area contributed by atoms with Gasteiger partial charge in [-0.3, -0.25) is 0 Å². The maximum atomic E-state index is 5.67. The molecule has 0 radical (unpaired) electrons. The Morgan fingerprint density at radius 1 is 1.12 bits per heavy atom. The van der Waals surface area contributed by atoms with Gasteiger partial charge in [0.05, 0.1) is 12.8 Å². The number of nitrogens with zero attached hydrogens (tertiary/aromatic N) is 1. The first-order chi connectivity index (χ1) is 12.1. The first-order valence-electron chi connectivity index (χ1n) is 8.27. The van der Waals surface area contributed by atoms with E-state index in [4.69, 9.17) is 19.2 Å².